The van der Waals surface area contributed by atoms with Gasteiger partial charge < -0.3 is 10.1 Å². The minimum atomic E-state index is 0.197. The number of hydrogen-bond acceptors (Lipinski definition) is 3. The van der Waals surface area contributed by atoms with E-state index in [0.29, 0.717) is 17.1 Å². The fraction of sp³-hybridized carbons (Fsp3) is 0.235. The Bertz CT molecular complexity index is 647. The molecule has 1 unspecified atom stereocenters. The van der Waals surface area contributed by atoms with Crippen molar-refractivity contribution in [2.24, 2.45) is 0 Å². The summed E-state index contributed by atoms with van der Waals surface area (Å²) in [7, 11) is 1.66. The Morgan fingerprint density at radius 2 is 1.95 bits per heavy atom. The van der Waals surface area contributed by atoms with Crippen LogP contribution in [-0.2, 0) is 6.54 Å². The summed E-state index contributed by atoms with van der Waals surface area (Å²) < 4.78 is 5.15. The summed E-state index contributed by atoms with van der Waals surface area (Å²) in [6, 6.07) is 15.6. The highest BCUT2D eigenvalue weighted by Gasteiger charge is 2.07. The Kier molecular flexibility index (Phi) is 5.21. The number of ether oxygens (including phenoxy) is 1. The summed E-state index contributed by atoms with van der Waals surface area (Å²) in [6.07, 6.45) is 0. The van der Waals surface area contributed by atoms with Crippen molar-refractivity contribution in [3.63, 3.8) is 0 Å². The first-order valence-corrected chi connectivity index (χ1v) is 7.07. The van der Waals surface area contributed by atoms with Crippen molar-refractivity contribution in [2.75, 3.05) is 7.11 Å². The number of nitriles is 1. The summed E-state index contributed by atoms with van der Waals surface area (Å²) >= 11 is 6.17. The predicted molar refractivity (Wildman–Crippen MR) is 84.4 cm³/mol. The van der Waals surface area contributed by atoms with Crippen molar-refractivity contribution in [1.82, 2.24) is 5.32 Å². The summed E-state index contributed by atoms with van der Waals surface area (Å²) in [5.41, 5.74) is 2.74. The molecule has 0 aromatic heterocycles. The van der Waals surface area contributed by atoms with Gasteiger partial charge in [-0.15, -0.1) is 0 Å². The van der Waals surface area contributed by atoms with E-state index in [0.717, 1.165) is 11.3 Å². The van der Waals surface area contributed by atoms with Crippen molar-refractivity contribution >= 4 is 11.6 Å². The van der Waals surface area contributed by atoms with Crippen LogP contribution >= 0.6 is 11.6 Å². The topological polar surface area (TPSA) is 45.0 Å². The molecule has 0 bridgehead atoms. The first kappa shape index (κ1) is 15.4. The van der Waals surface area contributed by atoms with Gasteiger partial charge in [-0.1, -0.05) is 29.8 Å². The monoisotopic (exact) mass is 300 g/mol. The number of methoxy groups -OCH3 is 1. The van der Waals surface area contributed by atoms with E-state index in [1.165, 1.54) is 5.56 Å². The SMILES string of the molecule is COc1ccc(C(C)NCc2ccc(C#N)cc2Cl)cc1. The van der Waals surface area contributed by atoms with Crippen molar-refractivity contribution in [3.8, 4) is 11.8 Å². The highest BCUT2D eigenvalue weighted by Crippen LogP contribution is 2.20. The quantitative estimate of drug-likeness (QED) is 0.905. The molecule has 0 amide bonds. The Morgan fingerprint density at radius 1 is 1.24 bits per heavy atom. The minimum Gasteiger partial charge on any atom is -0.497 e. The first-order chi connectivity index (χ1) is 10.1. The van der Waals surface area contributed by atoms with Crippen molar-refractivity contribution in [1.29, 1.82) is 5.26 Å². The molecule has 2 rings (SSSR count). The molecule has 108 valence electrons. The van der Waals surface area contributed by atoms with Gasteiger partial charge in [0.2, 0.25) is 0 Å². The molecule has 0 radical (unpaired) electrons. The van der Waals surface area contributed by atoms with Gasteiger partial charge in [0.05, 0.1) is 18.7 Å². The van der Waals surface area contributed by atoms with Gasteiger partial charge in [0.25, 0.3) is 0 Å². The van der Waals surface area contributed by atoms with E-state index in [1.54, 1.807) is 19.2 Å². The number of benzene rings is 2. The van der Waals surface area contributed by atoms with Crippen LogP contribution in [0.2, 0.25) is 5.02 Å². The van der Waals surface area contributed by atoms with E-state index in [1.807, 2.05) is 30.3 Å². The number of nitrogens with zero attached hydrogens (tertiary/aromatic N) is 1. The van der Waals surface area contributed by atoms with Crippen LogP contribution in [0.15, 0.2) is 42.5 Å². The number of nitrogens with one attached hydrogen (secondary N) is 1. The maximum atomic E-state index is 8.83. The van der Waals surface area contributed by atoms with Gasteiger partial charge in [-0.2, -0.15) is 5.26 Å². The lowest BCUT2D eigenvalue weighted by Crippen LogP contribution is -2.18. The zero-order valence-corrected chi connectivity index (χ0v) is 12.8. The molecule has 4 heteroatoms. The Hall–Kier alpha value is -2.02. The average molecular weight is 301 g/mol. The molecule has 2 aromatic rings. The van der Waals surface area contributed by atoms with Crippen LogP contribution in [0, 0.1) is 11.3 Å². The van der Waals surface area contributed by atoms with Crippen LogP contribution in [-0.4, -0.2) is 7.11 Å². The van der Waals surface area contributed by atoms with Crippen LogP contribution in [0.25, 0.3) is 0 Å². The third-order valence-electron chi connectivity index (χ3n) is 3.40. The zero-order chi connectivity index (χ0) is 15.2. The molecule has 3 nitrogen and oxygen atoms in total. The standard InChI is InChI=1S/C17H17ClN2O/c1-12(14-5-7-16(21-2)8-6-14)20-11-15-4-3-13(10-19)9-17(15)18/h3-9,12,20H,11H2,1-2H3. The van der Waals surface area contributed by atoms with Gasteiger partial charge in [-0.3, -0.25) is 0 Å². The highest BCUT2D eigenvalue weighted by molar-refractivity contribution is 6.31. The van der Waals surface area contributed by atoms with Crippen molar-refractivity contribution in [3.05, 3.63) is 64.2 Å². The molecule has 0 aliphatic heterocycles. The third kappa shape index (κ3) is 3.98. The van der Waals surface area contributed by atoms with Gasteiger partial charge in [0, 0.05) is 17.6 Å². The fourth-order valence-electron chi connectivity index (χ4n) is 2.03. The lowest BCUT2D eigenvalue weighted by atomic mass is 10.1. The van der Waals surface area contributed by atoms with E-state index < -0.39 is 0 Å². The second-order valence-corrected chi connectivity index (χ2v) is 5.20. The second-order valence-electron chi connectivity index (χ2n) is 4.79. The smallest absolute Gasteiger partial charge is 0.118 e. The molecule has 0 aliphatic carbocycles. The minimum absolute atomic E-state index is 0.197. The molecule has 0 saturated heterocycles. The van der Waals surface area contributed by atoms with E-state index >= 15 is 0 Å². The van der Waals surface area contributed by atoms with Crippen molar-refractivity contribution in [2.45, 2.75) is 19.5 Å². The summed E-state index contributed by atoms with van der Waals surface area (Å²) in [5, 5.41) is 12.9. The molecule has 0 saturated carbocycles. The van der Waals surface area contributed by atoms with Crippen LogP contribution in [0.1, 0.15) is 29.7 Å². The Morgan fingerprint density at radius 3 is 2.52 bits per heavy atom. The first-order valence-electron chi connectivity index (χ1n) is 6.70. The van der Waals surface area contributed by atoms with E-state index in [-0.39, 0.29) is 6.04 Å². The van der Waals surface area contributed by atoms with E-state index in [4.69, 9.17) is 21.6 Å². The van der Waals surface area contributed by atoms with Crippen LogP contribution < -0.4 is 10.1 Å². The Labute approximate surface area is 130 Å². The molecule has 0 fully saturated rings. The number of rotatable bonds is 5. The van der Waals surface area contributed by atoms with Crippen LogP contribution in [0.3, 0.4) is 0 Å². The second kappa shape index (κ2) is 7.12. The predicted octanol–water partition coefficient (Wildman–Crippen LogP) is 4.07. The highest BCUT2D eigenvalue weighted by atomic mass is 35.5. The van der Waals surface area contributed by atoms with E-state index in [2.05, 4.69) is 18.3 Å². The molecule has 0 heterocycles. The maximum absolute atomic E-state index is 8.83. The molecule has 1 atom stereocenters. The third-order valence-corrected chi connectivity index (χ3v) is 3.75. The van der Waals surface area contributed by atoms with Gasteiger partial charge in [-0.05, 0) is 42.3 Å². The largest absolute Gasteiger partial charge is 0.497 e. The molecule has 0 aliphatic rings. The molecule has 21 heavy (non-hydrogen) atoms. The Balaban J connectivity index is 2.00. The fourth-order valence-corrected chi connectivity index (χ4v) is 2.28. The zero-order valence-electron chi connectivity index (χ0n) is 12.1. The van der Waals surface area contributed by atoms with Gasteiger partial charge in [0.15, 0.2) is 0 Å². The van der Waals surface area contributed by atoms with Gasteiger partial charge >= 0.3 is 0 Å². The van der Waals surface area contributed by atoms with E-state index in [9.17, 15) is 0 Å². The number of hydrogen-bond donors (Lipinski definition) is 1. The van der Waals surface area contributed by atoms with Crippen LogP contribution in [0.4, 0.5) is 0 Å². The average Bonchev–Trinajstić information content (AvgIpc) is 2.53. The maximum Gasteiger partial charge on any atom is 0.118 e. The molecular weight excluding hydrogens is 284 g/mol. The normalized spacial score (nSPS) is 11.7. The van der Waals surface area contributed by atoms with Gasteiger partial charge in [-0.25, -0.2) is 0 Å². The number of halogens is 1. The molecular formula is C17H17ClN2O. The van der Waals surface area contributed by atoms with Gasteiger partial charge in [0.1, 0.15) is 5.75 Å². The summed E-state index contributed by atoms with van der Waals surface area (Å²) in [6.45, 7) is 2.75. The van der Waals surface area contributed by atoms with Crippen LogP contribution in [0.5, 0.6) is 5.75 Å². The summed E-state index contributed by atoms with van der Waals surface area (Å²) in [5.74, 6) is 0.848. The molecule has 0 spiro atoms. The van der Waals surface area contributed by atoms with Crippen molar-refractivity contribution < 1.29 is 4.74 Å². The summed E-state index contributed by atoms with van der Waals surface area (Å²) in [4.78, 5) is 0. The molecule has 1 N–H and O–H groups in total. The molecule has 2 aromatic carbocycles. The lowest BCUT2D eigenvalue weighted by molar-refractivity contribution is 0.414. The lowest BCUT2D eigenvalue weighted by Gasteiger charge is -2.15.